The zero-order valence-electron chi connectivity index (χ0n) is 32.3. The van der Waals surface area contributed by atoms with Crippen molar-refractivity contribution in [1.29, 1.82) is 0 Å². The first-order valence-electron chi connectivity index (χ1n) is 18.7. The lowest BCUT2D eigenvalue weighted by Crippen LogP contribution is -2.38. The van der Waals surface area contributed by atoms with E-state index < -0.39 is 5.97 Å². The molecule has 2 aromatic heterocycles. The number of fused-ring (bicyclic) bond motifs is 4. The number of H-pyrrole nitrogens is 2. The molecule has 0 radical (unpaired) electrons. The third kappa shape index (κ3) is 5.97. The topological polar surface area (TPSA) is 122 Å². The molecule has 4 aromatic rings. The van der Waals surface area contributed by atoms with Crippen molar-refractivity contribution in [2.75, 3.05) is 23.2 Å². The van der Waals surface area contributed by atoms with Gasteiger partial charge in [0.25, 0.3) is 0 Å². The Morgan fingerprint density at radius 1 is 0.868 bits per heavy atom. The van der Waals surface area contributed by atoms with Crippen molar-refractivity contribution in [3.05, 3.63) is 52.3 Å². The molecule has 3 aliphatic carbocycles. The van der Waals surface area contributed by atoms with Crippen LogP contribution in [0.15, 0.2) is 24.5 Å². The van der Waals surface area contributed by atoms with Crippen LogP contribution in [0, 0.1) is 37.0 Å². The highest BCUT2D eigenvalue weighted by Gasteiger charge is 2.97. The molecule has 11 heteroatoms. The smallest absolute Gasteiger partial charge is 0.308 e. The van der Waals surface area contributed by atoms with Crippen molar-refractivity contribution in [2.24, 2.45) is 16.2 Å². The molecule has 3 fully saturated rings. The molecular formula is C42H51Cl2N3O6. The summed E-state index contributed by atoms with van der Waals surface area (Å²) < 4.78 is 10.8. The van der Waals surface area contributed by atoms with Crippen molar-refractivity contribution in [3.63, 3.8) is 0 Å². The molecule has 1 aliphatic heterocycles. The molecule has 9 nitrogen and oxygen atoms in total. The fourth-order valence-corrected chi connectivity index (χ4v) is 10.6. The largest absolute Gasteiger partial charge is 0.424 e. The Bertz CT molecular complexity index is 2150. The van der Waals surface area contributed by atoms with Gasteiger partial charge >= 0.3 is 11.9 Å². The molecule has 4 unspecified atom stereocenters. The number of aromatic amines is 2. The van der Waals surface area contributed by atoms with Gasteiger partial charge in [0.05, 0.1) is 16.7 Å². The standard InChI is InChI=1S/C24H25ClN2O4.C16H20ClNO2.C2H6/c1-12-7-26-21-17(31-14(3)29)4-16-20(19(12)21)15(6-25)8-27(16)18(30)5-22-9-23(13(2)28)11-24(22,23)10-22;1-5-12(7-17)14-9(2)6-13(20-11(4)19)16-15(14)10(3)8-18-16;1-2/h4,7,15,26H,5-6,8-11H2,1-3H3;6,8,12,18H,5,7H2,1-4H3;1-2H3/t;12-;/m.0./s1. The van der Waals surface area contributed by atoms with E-state index in [1.54, 1.807) is 13.0 Å². The van der Waals surface area contributed by atoms with Gasteiger partial charge in [-0.05, 0) is 104 Å². The number of anilines is 1. The number of ether oxygens (including phenoxy) is 2. The van der Waals surface area contributed by atoms with Crippen LogP contribution in [0.4, 0.5) is 5.69 Å². The number of benzene rings is 2. The summed E-state index contributed by atoms with van der Waals surface area (Å²) in [6.45, 7) is 17.3. The zero-order chi connectivity index (χ0) is 38.8. The maximum absolute atomic E-state index is 13.5. The number of ketones is 1. The van der Waals surface area contributed by atoms with E-state index in [-0.39, 0.29) is 39.8 Å². The molecule has 8 rings (SSSR count). The van der Waals surface area contributed by atoms with E-state index in [1.165, 1.54) is 19.4 Å². The summed E-state index contributed by atoms with van der Waals surface area (Å²) in [6, 6.07) is 3.72. The first kappa shape index (κ1) is 38.9. The quantitative estimate of drug-likeness (QED) is 0.0995. The average molecular weight is 765 g/mol. The Balaban J connectivity index is 0.000000190. The predicted molar refractivity (Wildman–Crippen MR) is 211 cm³/mol. The lowest BCUT2D eigenvalue weighted by atomic mass is 9.71. The second-order valence-corrected chi connectivity index (χ2v) is 16.0. The summed E-state index contributed by atoms with van der Waals surface area (Å²) in [5.74, 6) is 2.00. The van der Waals surface area contributed by atoms with Crippen molar-refractivity contribution in [2.45, 2.75) is 106 Å². The van der Waals surface area contributed by atoms with Crippen molar-refractivity contribution >= 4 is 74.3 Å². The number of alkyl halides is 2. The Morgan fingerprint density at radius 2 is 1.45 bits per heavy atom. The summed E-state index contributed by atoms with van der Waals surface area (Å²) in [5, 5.41) is 2.12. The van der Waals surface area contributed by atoms with Crippen LogP contribution in [-0.2, 0) is 19.2 Å². The van der Waals surface area contributed by atoms with Gasteiger partial charge in [-0.3, -0.25) is 19.2 Å². The Kier molecular flexibility index (Phi) is 10.4. The summed E-state index contributed by atoms with van der Waals surface area (Å²) in [6.07, 6.45) is 8.11. The lowest BCUT2D eigenvalue weighted by molar-refractivity contribution is -0.132. The molecule has 53 heavy (non-hydrogen) atoms. The summed E-state index contributed by atoms with van der Waals surface area (Å²) in [4.78, 5) is 56.8. The average Bonchev–Trinajstić information content (AvgIpc) is 3.48. The monoisotopic (exact) mass is 763 g/mol. The van der Waals surface area contributed by atoms with Gasteiger partial charge in [0.15, 0.2) is 11.5 Å². The van der Waals surface area contributed by atoms with Gasteiger partial charge in [-0.2, -0.15) is 0 Å². The molecule has 3 saturated carbocycles. The molecular weight excluding hydrogens is 713 g/mol. The summed E-state index contributed by atoms with van der Waals surface area (Å²) in [7, 11) is 0. The SMILES string of the molecule is CC.CC(=O)Oc1cc2c(c3c(C)c[nH]c13)C(CCl)CN2C(=O)CC12CC3(C(C)=O)CC13C2.CC[C@@H](CCl)c1c(C)cc(OC(C)=O)c2[nH]cc(C)c12. The van der Waals surface area contributed by atoms with Crippen molar-refractivity contribution < 1.29 is 28.7 Å². The minimum atomic E-state index is -0.402. The number of carbonyl (C=O) groups is 4. The van der Waals surface area contributed by atoms with Crippen molar-refractivity contribution in [3.8, 4) is 11.5 Å². The maximum Gasteiger partial charge on any atom is 0.308 e. The van der Waals surface area contributed by atoms with Crippen LogP contribution >= 0.6 is 23.2 Å². The van der Waals surface area contributed by atoms with E-state index in [0.29, 0.717) is 42.1 Å². The van der Waals surface area contributed by atoms with Crippen LogP contribution < -0.4 is 14.4 Å². The highest BCUT2D eigenvalue weighted by Crippen LogP contribution is 3.01. The Morgan fingerprint density at radius 3 is 1.96 bits per heavy atom. The number of amides is 1. The minimum absolute atomic E-state index is 0.0157. The van der Waals surface area contributed by atoms with Crippen molar-refractivity contribution in [1.82, 2.24) is 9.97 Å². The van der Waals surface area contributed by atoms with Gasteiger partial charge < -0.3 is 24.3 Å². The highest BCUT2D eigenvalue weighted by molar-refractivity contribution is 6.19. The first-order valence-corrected chi connectivity index (χ1v) is 19.8. The van der Waals surface area contributed by atoms with Gasteiger partial charge in [-0.15, -0.1) is 23.2 Å². The number of aryl methyl sites for hydroxylation is 3. The maximum atomic E-state index is 13.5. The number of nitrogens with zero attached hydrogens (tertiary/aromatic N) is 1. The third-order valence-electron chi connectivity index (χ3n) is 12.4. The second kappa shape index (κ2) is 14.1. The van der Waals surface area contributed by atoms with E-state index in [9.17, 15) is 19.2 Å². The fraction of sp³-hybridized carbons (Fsp3) is 0.524. The Hall–Kier alpha value is -3.82. The second-order valence-electron chi connectivity index (χ2n) is 15.4. The third-order valence-corrected chi connectivity index (χ3v) is 13.2. The lowest BCUT2D eigenvalue weighted by Gasteiger charge is -2.33. The van der Waals surface area contributed by atoms with Gasteiger partial charge in [0.2, 0.25) is 5.91 Å². The molecule has 0 bridgehead atoms. The minimum Gasteiger partial charge on any atom is -0.424 e. The van der Waals surface area contributed by atoms with Crippen LogP contribution in [0.2, 0.25) is 0 Å². The number of esters is 2. The van der Waals surface area contributed by atoms with Gasteiger partial charge in [-0.25, -0.2) is 0 Å². The molecule has 2 N–H and O–H groups in total. The van der Waals surface area contributed by atoms with Crippen LogP contribution in [0.3, 0.4) is 0 Å². The van der Waals surface area contributed by atoms with E-state index in [0.717, 1.165) is 75.4 Å². The normalized spacial score (nSPS) is 24.7. The number of carbonyl (C=O) groups excluding carboxylic acids is 4. The number of rotatable bonds is 9. The molecule has 2 aromatic carbocycles. The molecule has 1 amide bonds. The van der Waals surface area contributed by atoms with Crippen LogP contribution in [0.25, 0.3) is 21.8 Å². The number of Topliss-reactive ketones (excluding diaryl/α,β-unsaturated/α-hetero) is 1. The predicted octanol–water partition coefficient (Wildman–Crippen LogP) is 9.69. The Labute approximate surface area is 321 Å². The zero-order valence-corrected chi connectivity index (χ0v) is 33.8. The molecule has 4 aliphatic rings. The first-order chi connectivity index (χ1) is 25.2. The molecule has 5 atom stereocenters. The molecule has 284 valence electrons. The molecule has 0 saturated heterocycles. The van der Waals surface area contributed by atoms with Gasteiger partial charge in [-0.1, -0.05) is 20.8 Å². The van der Waals surface area contributed by atoms with Crippen LogP contribution in [0.1, 0.15) is 113 Å². The summed E-state index contributed by atoms with van der Waals surface area (Å²) in [5.41, 5.74) is 8.04. The molecule has 1 spiro atoms. The fourth-order valence-electron chi connectivity index (χ4n) is 10.00. The van der Waals surface area contributed by atoms with E-state index in [2.05, 4.69) is 23.8 Å². The number of hydrogen-bond donors (Lipinski definition) is 2. The van der Waals surface area contributed by atoms with E-state index in [1.807, 2.05) is 51.1 Å². The highest BCUT2D eigenvalue weighted by atomic mass is 35.5. The van der Waals surface area contributed by atoms with Crippen LogP contribution in [0.5, 0.6) is 11.5 Å². The van der Waals surface area contributed by atoms with Crippen LogP contribution in [-0.4, -0.2) is 51.9 Å². The summed E-state index contributed by atoms with van der Waals surface area (Å²) >= 11 is 12.5. The van der Waals surface area contributed by atoms with E-state index >= 15 is 0 Å². The number of halogens is 2. The van der Waals surface area contributed by atoms with E-state index in [4.69, 9.17) is 32.7 Å². The molecule has 3 heterocycles. The number of nitrogens with one attached hydrogen (secondary N) is 2. The number of hydrogen-bond acceptors (Lipinski definition) is 6. The number of aromatic nitrogens is 2. The van der Waals surface area contributed by atoms with Gasteiger partial charge in [0, 0.05) is 79.1 Å². The van der Waals surface area contributed by atoms with Gasteiger partial charge in [0.1, 0.15) is 5.78 Å².